The van der Waals surface area contributed by atoms with Crippen LogP contribution in [0.2, 0.25) is 0 Å². The minimum Gasteiger partial charge on any atom is -0.373 e. The Morgan fingerprint density at radius 3 is 2.32 bits per heavy atom. The molecule has 0 aliphatic carbocycles. The first-order valence-electron chi connectivity index (χ1n) is 7.50. The Morgan fingerprint density at radius 1 is 1.09 bits per heavy atom. The van der Waals surface area contributed by atoms with Gasteiger partial charge in [0, 0.05) is 6.61 Å². The monoisotopic (exact) mass is 344 g/mol. The fraction of sp³-hybridized carbons (Fsp3) is 1.00. The van der Waals surface area contributed by atoms with E-state index in [4.69, 9.17) is 19.0 Å². The number of unbranched alkanes of at least 4 members (excludes halogenated alkanes) is 2. The van der Waals surface area contributed by atoms with Crippen molar-refractivity contribution in [2.45, 2.75) is 32.3 Å². The van der Waals surface area contributed by atoms with E-state index in [1.54, 1.807) is 0 Å². The number of hydrogen-bond donors (Lipinski definition) is 2. The minimum absolute atomic E-state index is 0.107. The third-order valence-electron chi connectivity index (χ3n) is 2.80. The molecule has 0 spiro atoms. The van der Waals surface area contributed by atoms with Crippen molar-refractivity contribution in [2.75, 3.05) is 54.1 Å². The number of phosphoric ester groups is 1. The molecule has 0 aliphatic heterocycles. The summed E-state index contributed by atoms with van der Waals surface area (Å²) in [5.41, 5.74) is 0. The van der Waals surface area contributed by atoms with E-state index < -0.39 is 13.9 Å². The van der Waals surface area contributed by atoms with E-state index in [0.29, 0.717) is 17.6 Å². The molecule has 0 fully saturated rings. The van der Waals surface area contributed by atoms with Crippen LogP contribution in [-0.2, 0) is 23.2 Å². The van der Waals surface area contributed by atoms with Crippen LogP contribution in [0, 0.1) is 0 Å². The number of hydrogen-bond acceptors (Lipinski definition) is 6. The molecule has 9 heteroatoms. The molecule has 0 amide bonds. The van der Waals surface area contributed by atoms with E-state index in [1.807, 2.05) is 21.1 Å². The summed E-state index contributed by atoms with van der Waals surface area (Å²) in [5, 5.41) is 8.50. The van der Waals surface area contributed by atoms with Crippen LogP contribution in [0.25, 0.3) is 0 Å². The van der Waals surface area contributed by atoms with Crippen molar-refractivity contribution in [1.82, 2.24) is 0 Å². The van der Waals surface area contributed by atoms with E-state index in [-0.39, 0.29) is 19.8 Å². The summed E-state index contributed by atoms with van der Waals surface area (Å²) in [6, 6.07) is 0. The lowest BCUT2D eigenvalue weighted by Gasteiger charge is -2.24. The third kappa shape index (κ3) is 13.6. The highest BCUT2D eigenvalue weighted by Crippen LogP contribution is 2.43. The van der Waals surface area contributed by atoms with Crippen LogP contribution in [-0.4, -0.2) is 74.9 Å². The fourth-order valence-electron chi connectivity index (χ4n) is 1.47. The smallest absolute Gasteiger partial charge is 0.373 e. The van der Waals surface area contributed by atoms with Crippen LogP contribution in [0.4, 0.5) is 0 Å². The highest BCUT2D eigenvalue weighted by atomic mass is 31.2. The van der Waals surface area contributed by atoms with E-state index >= 15 is 0 Å². The van der Waals surface area contributed by atoms with Gasteiger partial charge in [0.25, 0.3) is 0 Å². The van der Waals surface area contributed by atoms with Crippen LogP contribution in [0.3, 0.4) is 0 Å². The zero-order chi connectivity index (χ0) is 17.1. The number of nitrogens with zero attached hydrogens (tertiary/aromatic N) is 1. The quantitative estimate of drug-likeness (QED) is 0.163. The van der Waals surface area contributed by atoms with Gasteiger partial charge in [0.2, 0.25) is 0 Å². The molecular formula is C13H31NO7P+. The van der Waals surface area contributed by atoms with Gasteiger partial charge in [-0.2, -0.15) is 0 Å². The van der Waals surface area contributed by atoms with Gasteiger partial charge in [-0.3, -0.25) is 14.3 Å². The molecule has 1 unspecified atom stereocenters. The van der Waals surface area contributed by atoms with Gasteiger partial charge in [-0.05, 0) is 6.42 Å². The van der Waals surface area contributed by atoms with Gasteiger partial charge in [-0.15, -0.1) is 0 Å². The molecule has 0 aromatic carbocycles. The van der Waals surface area contributed by atoms with Crippen LogP contribution >= 0.6 is 7.82 Å². The number of phosphoric acid groups is 1. The first-order valence-corrected chi connectivity index (χ1v) is 9.00. The highest BCUT2D eigenvalue weighted by molar-refractivity contribution is 7.47. The van der Waals surface area contributed by atoms with Crippen LogP contribution in [0.15, 0.2) is 0 Å². The Bertz CT molecular complexity index is 322. The number of likely N-dealkylation sites (N-methyl/N-ethyl adjacent to an activating group) is 1. The van der Waals surface area contributed by atoms with E-state index in [2.05, 4.69) is 11.8 Å². The van der Waals surface area contributed by atoms with Crippen molar-refractivity contribution >= 4 is 7.82 Å². The van der Waals surface area contributed by atoms with Crippen LogP contribution < -0.4 is 0 Å². The maximum atomic E-state index is 11.7. The van der Waals surface area contributed by atoms with Crippen LogP contribution in [0.1, 0.15) is 26.2 Å². The van der Waals surface area contributed by atoms with Gasteiger partial charge < -0.3 is 14.1 Å². The van der Waals surface area contributed by atoms with E-state index in [1.165, 1.54) is 0 Å². The first kappa shape index (κ1) is 21.9. The first-order chi connectivity index (χ1) is 10.2. The molecule has 0 aliphatic rings. The molecule has 0 aromatic rings. The summed E-state index contributed by atoms with van der Waals surface area (Å²) >= 11 is 0. The Hall–Kier alpha value is -0.0500. The predicted molar refractivity (Wildman–Crippen MR) is 82.5 cm³/mol. The largest absolute Gasteiger partial charge is 0.472 e. The molecule has 2 atom stereocenters. The van der Waals surface area contributed by atoms with Gasteiger partial charge in [0.05, 0.1) is 27.7 Å². The molecule has 134 valence electrons. The Balaban J connectivity index is 4.06. The van der Waals surface area contributed by atoms with Gasteiger partial charge in [0.15, 0.2) is 0 Å². The second-order valence-corrected chi connectivity index (χ2v) is 7.56. The second kappa shape index (κ2) is 11.5. The van der Waals surface area contributed by atoms with Crippen LogP contribution in [0.5, 0.6) is 0 Å². The summed E-state index contributed by atoms with van der Waals surface area (Å²) in [6.07, 6.45) is 2.34. The van der Waals surface area contributed by atoms with Gasteiger partial charge in [-0.1, -0.05) is 19.8 Å². The maximum Gasteiger partial charge on any atom is 0.472 e. The van der Waals surface area contributed by atoms with Crippen molar-refractivity contribution in [3.8, 4) is 0 Å². The maximum absolute atomic E-state index is 11.7. The average Bonchev–Trinajstić information content (AvgIpc) is 2.39. The van der Waals surface area contributed by atoms with Crippen molar-refractivity contribution in [3.05, 3.63) is 0 Å². The summed E-state index contributed by atoms with van der Waals surface area (Å²) in [5.74, 6) is 0. The summed E-state index contributed by atoms with van der Waals surface area (Å²) in [6.45, 7) is 2.91. The molecule has 0 heterocycles. The van der Waals surface area contributed by atoms with E-state index in [0.717, 1.165) is 19.3 Å². The summed E-state index contributed by atoms with van der Waals surface area (Å²) < 4.78 is 27.6. The predicted octanol–water partition coefficient (Wildman–Crippen LogP) is 1.89. The molecule has 2 N–H and O–H groups in total. The molecular weight excluding hydrogens is 313 g/mol. The topological polar surface area (TPSA) is 94.5 Å². The summed E-state index contributed by atoms with van der Waals surface area (Å²) in [7, 11) is 1.72. The van der Waals surface area contributed by atoms with Crippen molar-refractivity contribution in [1.29, 1.82) is 0 Å². The zero-order valence-corrected chi connectivity index (χ0v) is 15.0. The number of ether oxygens (including phenoxy) is 1. The summed E-state index contributed by atoms with van der Waals surface area (Å²) in [4.78, 5) is 13.6. The average molecular weight is 344 g/mol. The number of rotatable bonds is 14. The third-order valence-corrected chi connectivity index (χ3v) is 3.79. The van der Waals surface area contributed by atoms with Gasteiger partial charge >= 0.3 is 7.82 Å². The Labute approximate surface area is 133 Å². The van der Waals surface area contributed by atoms with Gasteiger partial charge in [-0.25, -0.2) is 9.45 Å². The second-order valence-electron chi connectivity index (χ2n) is 6.11. The Kier molecular flexibility index (Phi) is 11.5. The van der Waals surface area contributed by atoms with Crippen molar-refractivity contribution in [2.24, 2.45) is 0 Å². The number of quaternary nitrogens is 1. The van der Waals surface area contributed by atoms with Crippen molar-refractivity contribution < 1.29 is 37.9 Å². The molecule has 0 radical (unpaired) electrons. The molecule has 0 saturated carbocycles. The molecule has 8 nitrogen and oxygen atoms in total. The van der Waals surface area contributed by atoms with Crippen molar-refractivity contribution in [3.63, 3.8) is 0 Å². The van der Waals surface area contributed by atoms with Gasteiger partial charge in [0.1, 0.15) is 25.9 Å². The zero-order valence-electron chi connectivity index (χ0n) is 14.1. The standard InChI is InChI=1S/C13H30NO7P/c1-5-6-7-9-18-13(11-19-15)12-21-22(16,17)20-10-8-14(2,3)4/h13H,5-12H2,1-4H3,(H-,15,16,17)/p+1/t13-/m1/s1. The van der Waals surface area contributed by atoms with E-state index in [9.17, 15) is 9.46 Å². The Morgan fingerprint density at radius 2 is 1.77 bits per heavy atom. The molecule has 0 bridgehead atoms. The fourth-order valence-corrected chi connectivity index (χ4v) is 2.22. The molecule has 0 rings (SSSR count). The molecule has 0 aromatic heterocycles. The lowest BCUT2D eigenvalue weighted by atomic mass is 10.3. The molecule has 0 saturated heterocycles. The molecule has 22 heavy (non-hydrogen) atoms. The normalized spacial score (nSPS) is 16.5. The lowest BCUT2D eigenvalue weighted by Crippen LogP contribution is -2.37. The minimum atomic E-state index is -4.13. The SMILES string of the molecule is CCCCCO[C@H](COO)COP(=O)(O)OCC[N+](C)(C)C. The lowest BCUT2D eigenvalue weighted by molar-refractivity contribution is -0.870. The highest BCUT2D eigenvalue weighted by Gasteiger charge is 2.25.